The summed E-state index contributed by atoms with van der Waals surface area (Å²) in [5, 5.41) is 0. The van der Waals surface area contributed by atoms with Gasteiger partial charge in [-0.25, -0.2) is 0 Å². The van der Waals surface area contributed by atoms with Crippen molar-refractivity contribution in [2.24, 2.45) is 5.73 Å². The van der Waals surface area contributed by atoms with Crippen LogP contribution >= 0.6 is 0 Å². The van der Waals surface area contributed by atoms with E-state index in [-0.39, 0.29) is 0 Å². The molecule has 4 N–H and O–H groups in total. The molecule has 0 saturated heterocycles. The third kappa shape index (κ3) is 1.40. The maximum Gasteiger partial charge on any atom is 0.0381 e. The van der Waals surface area contributed by atoms with E-state index < -0.39 is 0 Å². The molecule has 2 heteroatoms. The summed E-state index contributed by atoms with van der Waals surface area (Å²) in [6, 6.07) is 2.57. The molecule has 76 valence electrons. The highest BCUT2D eigenvalue weighted by molar-refractivity contribution is 5.60. The fraction of sp³-hybridized carbons (Fsp3) is 0.500. The number of hydrogen-bond donors (Lipinski definition) is 2. The Morgan fingerprint density at radius 3 is 2.79 bits per heavy atom. The maximum atomic E-state index is 6.11. The fourth-order valence-corrected chi connectivity index (χ4v) is 2.26. The van der Waals surface area contributed by atoms with Gasteiger partial charge < -0.3 is 11.5 Å². The van der Waals surface area contributed by atoms with Gasteiger partial charge in [0, 0.05) is 11.7 Å². The van der Waals surface area contributed by atoms with Gasteiger partial charge in [0.2, 0.25) is 0 Å². The Morgan fingerprint density at radius 1 is 1.36 bits per heavy atom. The van der Waals surface area contributed by atoms with Crippen LogP contribution in [0.25, 0.3) is 0 Å². The van der Waals surface area contributed by atoms with E-state index in [2.05, 4.69) is 19.9 Å². The smallest absolute Gasteiger partial charge is 0.0381 e. The highest BCUT2D eigenvalue weighted by Crippen LogP contribution is 2.30. The summed E-state index contributed by atoms with van der Waals surface area (Å²) in [5.74, 6) is 0. The zero-order valence-corrected chi connectivity index (χ0v) is 8.93. The minimum Gasteiger partial charge on any atom is -0.398 e. The van der Waals surface area contributed by atoms with E-state index in [0.29, 0.717) is 6.04 Å². The van der Waals surface area contributed by atoms with Crippen molar-refractivity contribution in [3.8, 4) is 0 Å². The van der Waals surface area contributed by atoms with Crippen molar-refractivity contribution < 1.29 is 0 Å². The van der Waals surface area contributed by atoms with Gasteiger partial charge in [-0.1, -0.05) is 6.07 Å². The minimum absolute atomic E-state index is 0.323. The molecule has 1 atom stereocenters. The summed E-state index contributed by atoms with van der Waals surface area (Å²) in [7, 11) is 0. The van der Waals surface area contributed by atoms with Gasteiger partial charge in [0.25, 0.3) is 0 Å². The Hall–Kier alpha value is -1.02. The topological polar surface area (TPSA) is 52.0 Å². The average Bonchev–Trinajstić information content (AvgIpc) is 2.14. The number of rotatable bonds is 0. The average molecular weight is 190 g/mol. The van der Waals surface area contributed by atoms with Crippen LogP contribution in [0, 0.1) is 13.8 Å². The molecule has 0 aliphatic heterocycles. The first-order chi connectivity index (χ1) is 6.59. The Labute approximate surface area is 85.3 Å². The molecule has 0 amide bonds. The Morgan fingerprint density at radius 2 is 2.07 bits per heavy atom. The van der Waals surface area contributed by atoms with Crippen LogP contribution in [0.1, 0.15) is 28.7 Å². The van der Waals surface area contributed by atoms with Gasteiger partial charge in [-0.05, 0) is 55.4 Å². The number of hydrogen-bond acceptors (Lipinski definition) is 2. The molecule has 14 heavy (non-hydrogen) atoms. The quantitative estimate of drug-likeness (QED) is 0.612. The standard InChI is InChI=1S/C12H18N2/c1-7-5-9-6-10(13)3-4-11(9)12(14)8(7)2/h5,10H,3-4,6,13-14H2,1-2H3. The lowest BCUT2D eigenvalue weighted by atomic mass is 9.85. The normalized spacial score (nSPS) is 20.6. The molecule has 1 unspecified atom stereocenters. The van der Waals surface area contributed by atoms with Gasteiger partial charge in [0.1, 0.15) is 0 Å². The van der Waals surface area contributed by atoms with E-state index in [9.17, 15) is 0 Å². The van der Waals surface area contributed by atoms with E-state index in [1.807, 2.05) is 0 Å². The first kappa shape index (κ1) is 9.53. The summed E-state index contributed by atoms with van der Waals surface area (Å²) < 4.78 is 0. The van der Waals surface area contributed by atoms with Crippen LogP contribution in [0.3, 0.4) is 0 Å². The lowest BCUT2D eigenvalue weighted by Gasteiger charge is -2.24. The Bertz CT molecular complexity index is 369. The van der Waals surface area contributed by atoms with Crippen LogP contribution in [-0.2, 0) is 12.8 Å². The molecule has 1 aliphatic carbocycles. The minimum atomic E-state index is 0.323. The molecule has 1 aromatic carbocycles. The van der Waals surface area contributed by atoms with Crippen LogP contribution in [-0.4, -0.2) is 6.04 Å². The molecule has 1 aromatic rings. The van der Waals surface area contributed by atoms with Gasteiger partial charge in [-0.15, -0.1) is 0 Å². The van der Waals surface area contributed by atoms with E-state index in [0.717, 1.165) is 24.9 Å². The van der Waals surface area contributed by atoms with E-state index in [4.69, 9.17) is 11.5 Å². The van der Waals surface area contributed by atoms with Gasteiger partial charge in [-0.3, -0.25) is 0 Å². The number of anilines is 1. The first-order valence-electron chi connectivity index (χ1n) is 5.22. The lowest BCUT2D eigenvalue weighted by molar-refractivity contribution is 0.577. The van der Waals surface area contributed by atoms with Crippen LogP contribution in [0.4, 0.5) is 5.69 Å². The third-order valence-corrected chi connectivity index (χ3v) is 3.35. The van der Waals surface area contributed by atoms with Crippen molar-refractivity contribution in [1.82, 2.24) is 0 Å². The molecule has 0 fully saturated rings. The molecular formula is C12H18N2. The highest BCUT2D eigenvalue weighted by atomic mass is 14.6. The van der Waals surface area contributed by atoms with Crippen molar-refractivity contribution in [3.05, 3.63) is 28.3 Å². The Kier molecular flexibility index (Phi) is 2.23. The largest absolute Gasteiger partial charge is 0.398 e. The lowest BCUT2D eigenvalue weighted by Crippen LogP contribution is -2.28. The molecular weight excluding hydrogens is 172 g/mol. The van der Waals surface area contributed by atoms with Gasteiger partial charge in [0.05, 0.1) is 0 Å². The number of benzene rings is 1. The molecule has 0 aromatic heterocycles. The molecule has 0 bridgehead atoms. The van der Waals surface area contributed by atoms with Crippen molar-refractivity contribution in [2.75, 3.05) is 5.73 Å². The molecule has 0 spiro atoms. The van der Waals surface area contributed by atoms with Gasteiger partial charge in [-0.2, -0.15) is 0 Å². The number of fused-ring (bicyclic) bond motifs is 1. The summed E-state index contributed by atoms with van der Waals surface area (Å²) in [5.41, 5.74) is 18.3. The predicted molar refractivity (Wildman–Crippen MR) is 60.3 cm³/mol. The second-order valence-corrected chi connectivity index (χ2v) is 4.37. The van der Waals surface area contributed by atoms with Gasteiger partial charge >= 0.3 is 0 Å². The number of nitrogens with two attached hydrogens (primary N) is 2. The van der Waals surface area contributed by atoms with Crippen molar-refractivity contribution in [1.29, 1.82) is 0 Å². The fourth-order valence-electron chi connectivity index (χ4n) is 2.26. The second-order valence-electron chi connectivity index (χ2n) is 4.37. The highest BCUT2D eigenvalue weighted by Gasteiger charge is 2.19. The monoisotopic (exact) mass is 190 g/mol. The summed E-state index contributed by atoms with van der Waals surface area (Å²) in [4.78, 5) is 0. The summed E-state index contributed by atoms with van der Waals surface area (Å²) in [6.45, 7) is 4.21. The third-order valence-electron chi connectivity index (χ3n) is 3.35. The second kappa shape index (κ2) is 3.28. The number of nitrogen functional groups attached to an aromatic ring is 1. The van der Waals surface area contributed by atoms with Crippen molar-refractivity contribution in [3.63, 3.8) is 0 Å². The van der Waals surface area contributed by atoms with Crippen molar-refractivity contribution in [2.45, 2.75) is 39.2 Å². The molecule has 2 rings (SSSR count). The van der Waals surface area contributed by atoms with E-state index >= 15 is 0 Å². The molecule has 0 heterocycles. The molecule has 2 nitrogen and oxygen atoms in total. The zero-order valence-electron chi connectivity index (χ0n) is 8.93. The van der Waals surface area contributed by atoms with Crippen LogP contribution in [0.2, 0.25) is 0 Å². The maximum absolute atomic E-state index is 6.11. The number of aryl methyl sites for hydroxylation is 1. The predicted octanol–water partition coefficient (Wildman–Crippen LogP) is 1.70. The zero-order chi connectivity index (χ0) is 10.3. The van der Waals surface area contributed by atoms with Crippen LogP contribution < -0.4 is 11.5 Å². The van der Waals surface area contributed by atoms with Crippen molar-refractivity contribution >= 4 is 5.69 Å². The summed E-state index contributed by atoms with van der Waals surface area (Å²) in [6.07, 6.45) is 3.10. The molecule has 0 saturated carbocycles. The summed E-state index contributed by atoms with van der Waals surface area (Å²) >= 11 is 0. The Balaban J connectivity index is 2.54. The first-order valence-corrected chi connectivity index (χ1v) is 5.22. The molecule has 0 radical (unpaired) electrons. The SMILES string of the molecule is Cc1cc2c(c(N)c1C)CCC(N)C2. The van der Waals surface area contributed by atoms with E-state index in [1.165, 1.54) is 22.3 Å². The molecule has 1 aliphatic rings. The van der Waals surface area contributed by atoms with E-state index in [1.54, 1.807) is 0 Å². The van der Waals surface area contributed by atoms with Crippen LogP contribution in [0.5, 0.6) is 0 Å². The van der Waals surface area contributed by atoms with Gasteiger partial charge in [0.15, 0.2) is 0 Å². The van der Waals surface area contributed by atoms with Crippen LogP contribution in [0.15, 0.2) is 6.07 Å².